The van der Waals surface area contributed by atoms with E-state index in [-0.39, 0.29) is 0 Å². The van der Waals surface area contributed by atoms with Gasteiger partial charge in [-0.15, -0.1) is 0 Å². The summed E-state index contributed by atoms with van der Waals surface area (Å²) < 4.78 is 9.57. The molecule has 34 heavy (non-hydrogen) atoms. The number of aromatic nitrogens is 1. The van der Waals surface area contributed by atoms with Crippen LogP contribution in [-0.2, 0) is 6.42 Å². The van der Waals surface area contributed by atoms with Gasteiger partial charge < -0.3 is 19.9 Å². The van der Waals surface area contributed by atoms with Gasteiger partial charge in [-0.2, -0.15) is 0 Å². The highest BCUT2D eigenvalue weighted by Gasteiger charge is 2.11. The molecule has 5 nitrogen and oxygen atoms in total. The Bertz CT molecular complexity index is 1220. The largest absolute Gasteiger partial charge is 0.457 e. The molecule has 0 amide bonds. The summed E-state index contributed by atoms with van der Waals surface area (Å²) in [6, 6.07) is 22.6. The van der Waals surface area contributed by atoms with Crippen molar-refractivity contribution in [3.63, 3.8) is 0 Å². The smallest absolute Gasteiger partial charge is 0.129 e. The van der Waals surface area contributed by atoms with Gasteiger partial charge in [-0.25, -0.2) is 0 Å². The van der Waals surface area contributed by atoms with Crippen LogP contribution >= 0.6 is 23.5 Å². The first-order chi connectivity index (χ1) is 16.7. The lowest BCUT2D eigenvalue weighted by molar-refractivity contribution is 0.481. The maximum Gasteiger partial charge on any atom is 0.129 e. The van der Waals surface area contributed by atoms with E-state index in [0.29, 0.717) is 0 Å². The first-order valence-corrected chi connectivity index (χ1v) is 12.9. The number of anilines is 1. The molecule has 1 aliphatic rings. The molecule has 0 bridgehead atoms. The van der Waals surface area contributed by atoms with Crippen molar-refractivity contribution in [2.45, 2.75) is 17.7 Å². The van der Waals surface area contributed by atoms with E-state index >= 15 is 0 Å². The highest BCUT2D eigenvalue weighted by atomic mass is 35.5. The second-order valence-electron chi connectivity index (χ2n) is 8.41. The van der Waals surface area contributed by atoms with Crippen LogP contribution in [0.1, 0.15) is 12.0 Å². The Kier molecular flexibility index (Phi) is 7.61. The molecule has 1 aromatic heterocycles. The zero-order chi connectivity index (χ0) is 23.2. The van der Waals surface area contributed by atoms with Gasteiger partial charge in [-0.3, -0.25) is 4.72 Å². The van der Waals surface area contributed by atoms with Crippen molar-refractivity contribution in [1.82, 2.24) is 15.0 Å². The number of fused-ring (bicyclic) bond motifs is 1. The first-order valence-electron chi connectivity index (χ1n) is 11.7. The molecule has 0 saturated carbocycles. The molecule has 0 radical (unpaired) electrons. The number of nitrogens with one attached hydrogen (secondary N) is 3. The molecule has 1 fully saturated rings. The normalized spacial score (nSPS) is 14.0. The topological polar surface area (TPSA) is 52.3 Å². The van der Waals surface area contributed by atoms with Crippen molar-refractivity contribution >= 4 is 40.1 Å². The Morgan fingerprint density at radius 2 is 1.82 bits per heavy atom. The van der Waals surface area contributed by atoms with Crippen molar-refractivity contribution < 1.29 is 4.74 Å². The molecular formula is C27H29ClN4OS. The van der Waals surface area contributed by atoms with E-state index in [1.165, 1.54) is 21.5 Å². The fourth-order valence-electron chi connectivity index (χ4n) is 4.22. The van der Waals surface area contributed by atoms with Gasteiger partial charge in [-0.05, 0) is 85.0 Å². The van der Waals surface area contributed by atoms with E-state index < -0.39 is 0 Å². The maximum absolute atomic E-state index is 6.15. The SMILES string of the molecule is Clc1ccc2[nH]cc(CCCNSc3ccc(Oc4cccc(N5CCNCC5)c4)cc3)c2c1. The summed E-state index contributed by atoms with van der Waals surface area (Å²) in [7, 11) is 0. The van der Waals surface area contributed by atoms with Crippen LogP contribution in [-0.4, -0.2) is 37.7 Å². The summed E-state index contributed by atoms with van der Waals surface area (Å²) in [5.41, 5.74) is 3.66. The summed E-state index contributed by atoms with van der Waals surface area (Å²) in [6.45, 7) is 5.03. The van der Waals surface area contributed by atoms with Crippen molar-refractivity contribution in [2.24, 2.45) is 0 Å². The quantitative estimate of drug-likeness (QED) is 0.190. The number of hydrogen-bond donors (Lipinski definition) is 3. The molecule has 176 valence electrons. The summed E-state index contributed by atoms with van der Waals surface area (Å²) >= 11 is 7.81. The van der Waals surface area contributed by atoms with E-state index in [1.807, 2.05) is 36.4 Å². The first kappa shape index (κ1) is 23.1. The van der Waals surface area contributed by atoms with Crippen molar-refractivity contribution in [3.8, 4) is 11.5 Å². The Hall–Kier alpha value is -2.64. The number of hydrogen-bond acceptors (Lipinski definition) is 5. The summed E-state index contributed by atoms with van der Waals surface area (Å²) in [6.07, 6.45) is 4.15. The molecule has 0 atom stereocenters. The zero-order valence-corrected chi connectivity index (χ0v) is 20.6. The molecule has 0 unspecified atom stereocenters. The predicted molar refractivity (Wildman–Crippen MR) is 144 cm³/mol. The fraction of sp³-hybridized carbons (Fsp3) is 0.259. The number of nitrogens with zero attached hydrogens (tertiary/aromatic N) is 1. The Morgan fingerprint density at radius 3 is 2.68 bits per heavy atom. The number of ether oxygens (including phenoxy) is 1. The maximum atomic E-state index is 6.15. The van der Waals surface area contributed by atoms with Crippen LogP contribution in [0.3, 0.4) is 0 Å². The van der Waals surface area contributed by atoms with Crippen LogP contribution in [0.15, 0.2) is 77.8 Å². The average Bonchev–Trinajstić information content (AvgIpc) is 3.27. The third-order valence-electron chi connectivity index (χ3n) is 6.00. The minimum Gasteiger partial charge on any atom is -0.457 e. The lowest BCUT2D eigenvalue weighted by Gasteiger charge is -2.29. The van der Waals surface area contributed by atoms with Crippen LogP contribution in [0.5, 0.6) is 11.5 Å². The van der Waals surface area contributed by atoms with E-state index in [9.17, 15) is 0 Å². The van der Waals surface area contributed by atoms with E-state index in [0.717, 1.165) is 67.6 Å². The molecule has 5 rings (SSSR count). The number of H-pyrrole nitrogens is 1. The number of piperazine rings is 1. The monoisotopic (exact) mass is 492 g/mol. The third kappa shape index (κ3) is 5.88. The number of aryl methyl sites for hydroxylation is 1. The second-order valence-corrected chi connectivity index (χ2v) is 9.81. The van der Waals surface area contributed by atoms with Crippen molar-refractivity contribution in [3.05, 3.63) is 83.5 Å². The van der Waals surface area contributed by atoms with Gasteiger partial charge >= 0.3 is 0 Å². The van der Waals surface area contributed by atoms with Gasteiger partial charge in [0, 0.05) is 71.5 Å². The summed E-state index contributed by atoms with van der Waals surface area (Å²) in [5, 5.41) is 5.39. The van der Waals surface area contributed by atoms with Gasteiger partial charge in [0.2, 0.25) is 0 Å². The number of halogens is 1. The zero-order valence-electron chi connectivity index (χ0n) is 19.0. The standard InChI is InChI=1S/C27H29ClN4OS/c28-21-6-11-27-26(17-21)20(19-30-27)3-2-12-31-34-25-9-7-23(8-10-25)33-24-5-1-4-22(18-24)32-15-13-29-14-16-32/h1,4-11,17-19,29-31H,2-3,12-16H2. The van der Waals surface area contributed by atoms with Crippen LogP contribution in [0, 0.1) is 0 Å². The molecule has 0 spiro atoms. The lowest BCUT2D eigenvalue weighted by atomic mass is 10.1. The highest BCUT2D eigenvalue weighted by molar-refractivity contribution is 7.97. The van der Waals surface area contributed by atoms with Crippen molar-refractivity contribution in [2.75, 3.05) is 37.6 Å². The van der Waals surface area contributed by atoms with Gasteiger partial charge in [0.05, 0.1) is 0 Å². The molecule has 1 aliphatic heterocycles. The second kappa shape index (κ2) is 11.2. The molecule has 3 N–H and O–H groups in total. The number of benzene rings is 3. The minimum atomic E-state index is 0.779. The van der Waals surface area contributed by atoms with Gasteiger partial charge in [0.15, 0.2) is 0 Å². The average molecular weight is 493 g/mol. The molecule has 2 heterocycles. The van der Waals surface area contributed by atoms with E-state index in [2.05, 4.69) is 56.5 Å². The van der Waals surface area contributed by atoms with Crippen LogP contribution in [0.4, 0.5) is 5.69 Å². The third-order valence-corrected chi connectivity index (χ3v) is 7.10. The molecule has 7 heteroatoms. The number of aromatic amines is 1. The summed E-state index contributed by atoms with van der Waals surface area (Å²) in [4.78, 5) is 6.88. The van der Waals surface area contributed by atoms with Gasteiger partial charge in [0.25, 0.3) is 0 Å². The van der Waals surface area contributed by atoms with Crippen LogP contribution < -0.4 is 19.7 Å². The number of rotatable bonds is 9. The molecule has 3 aromatic carbocycles. The van der Waals surface area contributed by atoms with E-state index in [1.54, 1.807) is 11.9 Å². The molecular weight excluding hydrogens is 464 g/mol. The summed E-state index contributed by atoms with van der Waals surface area (Å²) in [5.74, 6) is 1.72. The van der Waals surface area contributed by atoms with Crippen LogP contribution in [0.2, 0.25) is 5.02 Å². The fourth-order valence-corrected chi connectivity index (χ4v) is 5.08. The Morgan fingerprint density at radius 1 is 0.971 bits per heavy atom. The highest BCUT2D eigenvalue weighted by Crippen LogP contribution is 2.28. The van der Waals surface area contributed by atoms with Crippen LogP contribution in [0.25, 0.3) is 10.9 Å². The Labute approximate surface area is 210 Å². The Balaban J connectivity index is 1.08. The van der Waals surface area contributed by atoms with Gasteiger partial charge in [-0.1, -0.05) is 17.7 Å². The van der Waals surface area contributed by atoms with Gasteiger partial charge in [0.1, 0.15) is 11.5 Å². The lowest BCUT2D eigenvalue weighted by Crippen LogP contribution is -2.43. The molecule has 0 aliphatic carbocycles. The molecule has 1 saturated heterocycles. The van der Waals surface area contributed by atoms with Crippen molar-refractivity contribution in [1.29, 1.82) is 0 Å². The van der Waals surface area contributed by atoms with E-state index in [4.69, 9.17) is 16.3 Å². The predicted octanol–water partition coefficient (Wildman–Crippen LogP) is 6.25. The minimum absolute atomic E-state index is 0.779. The molecule has 4 aromatic rings.